The van der Waals surface area contributed by atoms with Gasteiger partial charge in [-0.05, 0) is 19.8 Å². The number of rotatable bonds is 6. The molecule has 1 atom stereocenters. The molecular weight excluding hydrogens is 228 g/mol. The van der Waals surface area contributed by atoms with E-state index in [1.165, 1.54) is 11.3 Å². The summed E-state index contributed by atoms with van der Waals surface area (Å²) in [5.74, 6) is -1.01. The number of hydrogen-bond acceptors (Lipinski definition) is 4. The molecule has 0 aliphatic rings. The van der Waals surface area contributed by atoms with Crippen LogP contribution in [0.2, 0.25) is 0 Å². The number of amides is 1. The Labute approximate surface area is 97.5 Å². The number of carbonyl (C=O) groups is 2. The minimum absolute atomic E-state index is 0.0338. The van der Waals surface area contributed by atoms with Crippen LogP contribution in [0.4, 0.5) is 0 Å². The third kappa shape index (κ3) is 4.39. The number of carboxylic acids is 1. The van der Waals surface area contributed by atoms with Gasteiger partial charge in [-0.3, -0.25) is 9.59 Å². The van der Waals surface area contributed by atoms with Crippen LogP contribution in [0.1, 0.15) is 36.7 Å². The van der Waals surface area contributed by atoms with Gasteiger partial charge < -0.3 is 10.4 Å². The Morgan fingerprint density at radius 1 is 1.62 bits per heavy atom. The molecule has 0 saturated heterocycles. The van der Waals surface area contributed by atoms with Gasteiger partial charge in [0.25, 0.3) is 5.91 Å². The molecule has 1 aromatic heterocycles. The van der Waals surface area contributed by atoms with E-state index in [2.05, 4.69) is 10.3 Å². The maximum Gasteiger partial charge on any atom is 0.303 e. The number of thiazole rings is 1. The topological polar surface area (TPSA) is 79.3 Å². The average Bonchev–Trinajstić information content (AvgIpc) is 2.69. The highest BCUT2D eigenvalue weighted by Gasteiger charge is 2.11. The van der Waals surface area contributed by atoms with Crippen LogP contribution < -0.4 is 5.32 Å². The van der Waals surface area contributed by atoms with Crippen molar-refractivity contribution < 1.29 is 14.7 Å². The van der Waals surface area contributed by atoms with Crippen LogP contribution in [-0.2, 0) is 4.79 Å². The number of carbonyl (C=O) groups excluding carboxylic acids is 1. The average molecular weight is 242 g/mol. The Morgan fingerprint density at radius 2 is 2.38 bits per heavy atom. The maximum atomic E-state index is 11.5. The van der Waals surface area contributed by atoms with Gasteiger partial charge in [-0.2, -0.15) is 0 Å². The van der Waals surface area contributed by atoms with Gasteiger partial charge in [0.1, 0.15) is 5.69 Å². The Kier molecular flexibility index (Phi) is 4.91. The number of carboxylic acid groups (broad SMARTS) is 1. The molecule has 0 aromatic carbocycles. The molecule has 0 spiro atoms. The standard InChI is InChI=1S/C10H14N2O3S/c1-7(3-2-4-9(13)14)12-10(15)8-5-16-6-11-8/h5-7H,2-4H2,1H3,(H,12,15)(H,13,14). The maximum absolute atomic E-state index is 11.5. The molecule has 0 bridgehead atoms. The minimum atomic E-state index is -0.807. The summed E-state index contributed by atoms with van der Waals surface area (Å²) in [6.45, 7) is 1.85. The largest absolute Gasteiger partial charge is 0.481 e. The van der Waals surface area contributed by atoms with Crippen LogP contribution in [0.25, 0.3) is 0 Å². The number of hydrogen-bond donors (Lipinski definition) is 2. The zero-order valence-electron chi connectivity index (χ0n) is 8.97. The van der Waals surface area contributed by atoms with E-state index >= 15 is 0 Å². The van der Waals surface area contributed by atoms with E-state index in [1.54, 1.807) is 10.9 Å². The van der Waals surface area contributed by atoms with E-state index in [4.69, 9.17) is 5.11 Å². The number of nitrogens with zero attached hydrogens (tertiary/aromatic N) is 1. The molecule has 0 saturated carbocycles. The first-order valence-electron chi connectivity index (χ1n) is 5.00. The third-order valence-corrected chi connectivity index (χ3v) is 2.66. The quantitative estimate of drug-likeness (QED) is 0.792. The summed E-state index contributed by atoms with van der Waals surface area (Å²) in [4.78, 5) is 25.7. The van der Waals surface area contributed by atoms with Gasteiger partial charge >= 0.3 is 5.97 Å². The molecule has 1 heterocycles. The monoisotopic (exact) mass is 242 g/mol. The van der Waals surface area contributed by atoms with Gasteiger partial charge in [0, 0.05) is 17.8 Å². The molecule has 6 heteroatoms. The van der Waals surface area contributed by atoms with Crippen LogP contribution in [0, 0.1) is 0 Å². The molecule has 1 aromatic rings. The number of nitrogens with one attached hydrogen (secondary N) is 1. The summed E-state index contributed by atoms with van der Waals surface area (Å²) >= 11 is 1.37. The predicted molar refractivity (Wildman–Crippen MR) is 60.5 cm³/mol. The van der Waals surface area contributed by atoms with E-state index in [-0.39, 0.29) is 18.4 Å². The molecule has 16 heavy (non-hydrogen) atoms. The fourth-order valence-corrected chi connectivity index (χ4v) is 1.79. The smallest absolute Gasteiger partial charge is 0.303 e. The van der Waals surface area contributed by atoms with Crippen molar-refractivity contribution in [2.75, 3.05) is 0 Å². The Morgan fingerprint density at radius 3 is 2.94 bits per heavy atom. The molecule has 88 valence electrons. The van der Waals surface area contributed by atoms with Crippen molar-refractivity contribution in [3.05, 3.63) is 16.6 Å². The van der Waals surface area contributed by atoms with Gasteiger partial charge in [-0.25, -0.2) is 4.98 Å². The fourth-order valence-electron chi connectivity index (χ4n) is 1.25. The van der Waals surface area contributed by atoms with Crippen molar-refractivity contribution >= 4 is 23.2 Å². The molecule has 0 radical (unpaired) electrons. The SMILES string of the molecule is CC(CCCC(=O)O)NC(=O)c1cscn1. The summed E-state index contributed by atoms with van der Waals surface area (Å²) in [7, 11) is 0. The number of aliphatic carboxylic acids is 1. The fraction of sp³-hybridized carbons (Fsp3) is 0.500. The van der Waals surface area contributed by atoms with E-state index in [0.29, 0.717) is 18.5 Å². The lowest BCUT2D eigenvalue weighted by Crippen LogP contribution is -2.32. The van der Waals surface area contributed by atoms with E-state index in [1.807, 2.05) is 6.92 Å². The summed E-state index contributed by atoms with van der Waals surface area (Å²) in [6, 6.07) is -0.0338. The second-order valence-corrected chi connectivity index (χ2v) is 4.25. The van der Waals surface area contributed by atoms with Crippen LogP contribution in [0.3, 0.4) is 0 Å². The highest BCUT2D eigenvalue weighted by molar-refractivity contribution is 7.07. The second-order valence-electron chi connectivity index (χ2n) is 3.53. The lowest BCUT2D eigenvalue weighted by Gasteiger charge is -2.11. The van der Waals surface area contributed by atoms with Crippen molar-refractivity contribution in [2.24, 2.45) is 0 Å². The van der Waals surface area contributed by atoms with Crippen molar-refractivity contribution in [1.29, 1.82) is 0 Å². The van der Waals surface area contributed by atoms with Crippen LogP contribution in [0.5, 0.6) is 0 Å². The van der Waals surface area contributed by atoms with Gasteiger partial charge in [0.15, 0.2) is 0 Å². The van der Waals surface area contributed by atoms with E-state index in [9.17, 15) is 9.59 Å². The van der Waals surface area contributed by atoms with Gasteiger partial charge in [-0.1, -0.05) is 0 Å². The lowest BCUT2D eigenvalue weighted by atomic mass is 10.1. The van der Waals surface area contributed by atoms with Crippen LogP contribution in [-0.4, -0.2) is 28.0 Å². The molecule has 1 amide bonds. The normalized spacial score (nSPS) is 12.1. The van der Waals surface area contributed by atoms with Gasteiger partial charge in [0.2, 0.25) is 0 Å². The third-order valence-electron chi connectivity index (χ3n) is 2.07. The zero-order chi connectivity index (χ0) is 12.0. The minimum Gasteiger partial charge on any atom is -0.481 e. The van der Waals surface area contributed by atoms with Gasteiger partial charge in [-0.15, -0.1) is 11.3 Å². The first-order valence-corrected chi connectivity index (χ1v) is 5.94. The Balaban J connectivity index is 2.26. The highest BCUT2D eigenvalue weighted by atomic mass is 32.1. The molecule has 0 aliphatic heterocycles. The molecule has 0 aliphatic carbocycles. The Hall–Kier alpha value is -1.43. The Bertz CT molecular complexity index is 351. The van der Waals surface area contributed by atoms with E-state index < -0.39 is 5.97 Å². The van der Waals surface area contributed by atoms with Crippen molar-refractivity contribution in [1.82, 2.24) is 10.3 Å². The van der Waals surface area contributed by atoms with Gasteiger partial charge in [0.05, 0.1) is 5.51 Å². The first-order chi connectivity index (χ1) is 7.59. The molecule has 1 rings (SSSR count). The zero-order valence-corrected chi connectivity index (χ0v) is 9.79. The number of aromatic nitrogens is 1. The highest BCUT2D eigenvalue weighted by Crippen LogP contribution is 2.04. The molecular formula is C10H14N2O3S. The first kappa shape index (κ1) is 12.6. The second kappa shape index (κ2) is 6.22. The summed E-state index contributed by atoms with van der Waals surface area (Å²) < 4.78 is 0. The van der Waals surface area contributed by atoms with Crippen LogP contribution >= 0.6 is 11.3 Å². The summed E-state index contributed by atoms with van der Waals surface area (Å²) in [5.41, 5.74) is 2.01. The van der Waals surface area contributed by atoms with Crippen molar-refractivity contribution in [3.63, 3.8) is 0 Å². The lowest BCUT2D eigenvalue weighted by molar-refractivity contribution is -0.137. The summed E-state index contributed by atoms with van der Waals surface area (Å²) in [5, 5.41) is 12.9. The summed E-state index contributed by atoms with van der Waals surface area (Å²) in [6.07, 6.45) is 1.35. The van der Waals surface area contributed by atoms with Crippen molar-refractivity contribution in [3.8, 4) is 0 Å². The molecule has 2 N–H and O–H groups in total. The molecule has 0 fully saturated rings. The molecule has 5 nitrogen and oxygen atoms in total. The molecule has 1 unspecified atom stereocenters. The van der Waals surface area contributed by atoms with E-state index in [0.717, 1.165) is 0 Å². The van der Waals surface area contributed by atoms with Crippen molar-refractivity contribution in [2.45, 2.75) is 32.2 Å². The predicted octanol–water partition coefficient (Wildman–Crippen LogP) is 1.52. The van der Waals surface area contributed by atoms with Crippen LogP contribution in [0.15, 0.2) is 10.9 Å².